The van der Waals surface area contributed by atoms with E-state index in [2.05, 4.69) is 25.1 Å². The number of carbonyl (C=O) groups excluding carboxylic acids is 1. The standard InChI is InChI=1S/C21H24N8O.C2HF3O2/c30-21(24-7-3-11-27-12-9-23-15-27)19-18-14-22-10-13-28(18)20(26-19)17-6-8-25-29(17)16-4-1-2-5-16;3-2(4,5)1(6)7/h6,8-10,12-16H,1-5,7,11H2,(H,24,30);(H,6,7). The lowest BCUT2D eigenvalue weighted by molar-refractivity contribution is -0.192. The topological polar surface area (TPSA) is 132 Å². The second kappa shape index (κ2) is 11.2. The fourth-order valence-corrected chi connectivity index (χ4v) is 4.18. The van der Waals surface area contributed by atoms with E-state index in [1.54, 1.807) is 24.9 Å². The van der Waals surface area contributed by atoms with Crippen LogP contribution in [0.15, 0.2) is 49.6 Å². The van der Waals surface area contributed by atoms with Crippen LogP contribution in [-0.4, -0.2) is 63.4 Å². The quantitative estimate of drug-likeness (QED) is 0.359. The molecule has 1 saturated carbocycles. The van der Waals surface area contributed by atoms with E-state index in [0.29, 0.717) is 23.8 Å². The molecule has 4 aromatic rings. The number of aliphatic carboxylic acids is 1. The van der Waals surface area contributed by atoms with Crippen molar-refractivity contribution in [2.45, 2.75) is 50.9 Å². The van der Waals surface area contributed by atoms with Crippen LogP contribution in [0, 0.1) is 0 Å². The highest BCUT2D eigenvalue weighted by atomic mass is 19.4. The molecule has 0 unspecified atom stereocenters. The molecule has 14 heteroatoms. The van der Waals surface area contributed by atoms with Crippen molar-refractivity contribution in [3.05, 3.63) is 55.3 Å². The molecule has 0 spiro atoms. The largest absolute Gasteiger partial charge is 0.490 e. The van der Waals surface area contributed by atoms with Gasteiger partial charge in [0.1, 0.15) is 5.69 Å². The monoisotopic (exact) mass is 518 g/mol. The highest BCUT2D eigenvalue weighted by Gasteiger charge is 2.38. The lowest BCUT2D eigenvalue weighted by atomic mass is 10.2. The van der Waals surface area contributed by atoms with Crippen molar-refractivity contribution in [1.29, 1.82) is 0 Å². The van der Waals surface area contributed by atoms with Gasteiger partial charge < -0.3 is 15.0 Å². The SMILES string of the molecule is O=C(NCCCn1ccnc1)c1nc(-c2ccnn2C2CCCC2)n2ccncc12.O=C(O)C(F)(F)F. The molecule has 0 aromatic carbocycles. The predicted octanol–water partition coefficient (Wildman–Crippen LogP) is 3.36. The minimum absolute atomic E-state index is 0.190. The smallest absolute Gasteiger partial charge is 0.475 e. The van der Waals surface area contributed by atoms with Crippen LogP contribution in [0.5, 0.6) is 0 Å². The number of aromatic nitrogens is 7. The molecule has 4 heterocycles. The Morgan fingerprint density at radius 3 is 2.51 bits per heavy atom. The molecule has 1 fully saturated rings. The van der Waals surface area contributed by atoms with Gasteiger partial charge in [0.05, 0.1) is 24.1 Å². The number of nitrogens with one attached hydrogen (secondary N) is 1. The van der Waals surface area contributed by atoms with Gasteiger partial charge in [0.15, 0.2) is 11.5 Å². The fourth-order valence-electron chi connectivity index (χ4n) is 4.18. The first-order chi connectivity index (χ1) is 17.8. The van der Waals surface area contributed by atoms with Crippen molar-refractivity contribution in [1.82, 2.24) is 39.0 Å². The maximum atomic E-state index is 12.9. The lowest BCUT2D eigenvalue weighted by Crippen LogP contribution is -2.25. The molecule has 196 valence electrons. The number of fused-ring (bicyclic) bond motifs is 1. The number of aryl methyl sites for hydroxylation is 1. The number of carboxylic acids is 1. The summed E-state index contributed by atoms with van der Waals surface area (Å²) in [5.41, 5.74) is 2.01. The van der Waals surface area contributed by atoms with Crippen molar-refractivity contribution in [3.8, 4) is 11.5 Å². The van der Waals surface area contributed by atoms with Gasteiger partial charge in [0, 0.05) is 44.1 Å². The second-order valence-corrected chi connectivity index (χ2v) is 8.43. The second-order valence-electron chi connectivity index (χ2n) is 8.43. The number of nitrogens with zero attached hydrogens (tertiary/aromatic N) is 7. The first-order valence-electron chi connectivity index (χ1n) is 11.7. The van der Waals surface area contributed by atoms with E-state index in [1.807, 2.05) is 33.6 Å². The van der Waals surface area contributed by atoms with E-state index in [4.69, 9.17) is 14.9 Å². The van der Waals surface area contributed by atoms with Crippen LogP contribution in [0.1, 0.15) is 48.6 Å². The summed E-state index contributed by atoms with van der Waals surface area (Å²) in [7, 11) is 0. The third-order valence-corrected chi connectivity index (χ3v) is 5.91. The van der Waals surface area contributed by atoms with E-state index in [1.165, 1.54) is 12.8 Å². The average Bonchev–Trinajstić information content (AvgIpc) is 3.67. The number of amides is 1. The van der Waals surface area contributed by atoms with E-state index in [9.17, 15) is 18.0 Å². The molecule has 0 saturated heterocycles. The van der Waals surface area contributed by atoms with Crippen molar-refractivity contribution >= 4 is 17.4 Å². The molecule has 1 aliphatic carbocycles. The summed E-state index contributed by atoms with van der Waals surface area (Å²) in [6.07, 6.45) is 12.9. The summed E-state index contributed by atoms with van der Waals surface area (Å²) in [4.78, 5) is 34.7. The van der Waals surface area contributed by atoms with Crippen LogP contribution in [-0.2, 0) is 11.3 Å². The number of rotatable bonds is 7. The zero-order chi connectivity index (χ0) is 26.4. The van der Waals surface area contributed by atoms with Crippen molar-refractivity contribution in [2.75, 3.05) is 6.54 Å². The summed E-state index contributed by atoms with van der Waals surface area (Å²) < 4.78 is 37.7. The molecule has 4 aromatic heterocycles. The molecule has 0 bridgehead atoms. The Bertz CT molecular complexity index is 1340. The Hall–Kier alpha value is -4.23. The first kappa shape index (κ1) is 25.9. The van der Waals surface area contributed by atoms with Crippen LogP contribution in [0.25, 0.3) is 17.0 Å². The van der Waals surface area contributed by atoms with Crippen LogP contribution in [0.2, 0.25) is 0 Å². The first-order valence-corrected chi connectivity index (χ1v) is 11.7. The predicted molar refractivity (Wildman–Crippen MR) is 125 cm³/mol. The number of imidazole rings is 2. The Morgan fingerprint density at radius 1 is 1.11 bits per heavy atom. The zero-order valence-corrected chi connectivity index (χ0v) is 19.7. The van der Waals surface area contributed by atoms with Gasteiger partial charge in [0.25, 0.3) is 5.91 Å². The molecule has 0 atom stereocenters. The maximum absolute atomic E-state index is 12.9. The maximum Gasteiger partial charge on any atom is 0.490 e. The van der Waals surface area contributed by atoms with Gasteiger partial charge in [-0.05, 0) is 25.3 Å². The molecule has 5 rings (SSSR count). The number of halogens is 3. The minimum atomic E-state index is -5.08. The fraction of sp³-hybridized carbons (Fsp3) is 0.391. The van der Waals surface area contributed by atoms with Gasteiger partial charge in [-0.15, -0.1) is 0 Å². The van der Waals surface area contributed by atoms with Crippen LogP contribution in [0.3, 0.4) is 0 Å². The highest BCUT2D eigenvalue weighted by Crippen LogP contribution is 2.33. The average molecular weight is 519 g/mol. The number of alkyl halides is 3. The molecule has 37 heavy (non-hydrogen) atoms. The van der Waals surface area contributed by atoms with Crippen LogP contribution in [0.4, 0.5) is 13.2 Å². The summed E-state index contributed by atoms with van der Waals surface area (Å²) >= 11 is 0. The molecular weight excluding hydrogens is 493 g/mol. The number of carbonyl (C=O) groups is 2. The van der Waals surface area contributed by atoms with Crippen LogP contribution < -0.4 is 5.32 Å². The normalized spacial score (nSPS) is 13.9. The summed E-state index contributed by atoms with van der Waals surface area (Å²) in [5.74, 6) is -2.22. The van der Waals surface area contributed by atoms with E-state index >= 15 is 0 Å². The molecule has 2 N–H and O–H groups in total. The molecule has 0 aliphatic heterocycles. The molecule has 1 amide bonds. The Morgan fingerprint density at radius 2 is 1.84 bits per heavy atom. The van der Waals surface area contributed by atoms with E-state index < -0.39 is 12.1 Å². The number of hydrogen-bond acceptors (Lipinski definition) is 6. The van der Waals surface area contributed by atoms with Gasteiger partial charge in [0.2, 0.25) is 0 Å². The minimum Gasteiger partial charge on any atom is -0.475 e. The summed E-state index contributed by atoms with van der Waals surface area (Å²) in [5, 5.41) is 14.7. The lowest BCUT2D eigenvalue weighted by Gasteiger charge is -2.13. The Balaban J connectivity index is 0.000000405. The van der Waals surface area contributed by atoms with Gasteiger partial charge in [-0.3, -0.25) is 18.9 Å². The zero-order valence-electron chi connectivity index (χ0n) is 19.7. The summed E-state index contributed by atoms with van der Waals surface area (Å²) in [6, 6.07) is 2.37. The van der Waals surface area contributed by atoms with E-state index in [-0.39, 0.29) is 5.91 Å². The molecule has 11 nitrogen and oxygen atoms in total. The van der Waals surface area contributed by atoms with Gasteiger partial charge in [-0.25, -0.2) is 14.8 Å². The number of carboxylic acid groups (broad SMARTS) is 1. The Labute approximate surface area is 209 Å². The highest BCUT2D eigenvalue weighted by molar-refractivity contribution is 5.99. The van der Waals surface area contributed by atoms with Gasteiger partial charge in [-0.1, -0.05) is 12.8 Å². The number of hydrogen-bond donors (Lipinski definition) is 2. The van der Waals surface area contributed by atoms with Crippen molar-refractivity contribution < 1.29 is 27.9 Å². The summed E-state index contributed by atoms with van der Waals surface area (Å²) in [6.45, 7) is 1.36. The van der Waals surface area contributed by atoms with Crippen LogP contribution >= 0.6 is 0 Å². The van der Waals surface area contributed by atoms with Gasteiger partial charge in [-0.2, -0.15) is 18.3 Å². The third kappa shape index (κ3) is 6.13. The van der Waals surface area contributed by atoms with Crippen molar-refractivity contribution in [3.63, 3.8) is 0 Å². The van der Waals surface area contributed by atoms with E-state index in [0.717, 1.165) is 37.3 Å². The molecular formula is C23H25F3N8O3. The molecule has 1 aliphatic rings. The third-order valence-electron chi connectivity index (χ3n) is 5.91. The van der Waals surface area contributed by atoms with Crippen molar-refractivity contribution in [2.24, 2.45) is 0 Å². The molecule has 0 radical (unpaired) electrons. The van der Waals surface area contributed by atoms with Gasteiger partial charge >= 0.3 is 12.1 Å². The Kier molecular flexibility index (Phi) is 7.84.